The smallest absolute Gasteiger partial charge is 0.0414 e. The lowest BCUT2D eigenvalue weighted by Crippen LogP contribution is -1.94. The van der Waals surface area contributed by atoms with Gasteiger partial charge in [-0.1, -0.05) is 66.7 Å². The Morgan fingerprint density at radius 3 is 1.42 bits per heavy atom. The lowest BCUT2D eigenvalue weighted by molar-refractivity contribution is 1.56. The molecule has 0 aliphatic heterocycles. The van der Waals surface area contributed by atoms with Gasteiger partial charge in [0.2, 0.25) is 0 Å². The number of hydrogen-bond donors (Lipinski definition) is 2. The highest BCUT2D eigenvalue weighted by molar-refractivity contribution is 5.86. The molecule has 0 amide bonds. The standard InChI is InChI=1S/C24H20N2/c25-22-11-12-23(24(26)16-22)21-14-19(17-7-3-1-4-8-17)13-20(15-21)18-9-5-2-6-10-18/h1-16H,25-26H2. The second kappa shape index (κ2) is 6.77. The zero-order valence-electron chi connectivity index (χ0n) is 14.4. The van der Waals surface area contributed by atoms with E-state index in [1.165, 1.54) is 11.1 Å². The van der Waals surface area contributed by atoms with Crippen LogP contribution in [-0.2, 0) is 0 Å². The summed E-state index contributed by atoms with van der Waals surface area (Å²) >= 11 is 0. The minimum atomic E-state index is 0.675. The molecule has 0 saturated carbocycles. The minimum Gasteiger partial charge on any atom is -0.399 e. The fraction of sp³-hybridized carbons (Fsp3) is 0. The second-order valence-electron chi connectivity index (χ2n) is 6.38. The van der Waals surface area contributed by atoms with Gasteiger partial charge in [0.1, 0.15) is 0 Å². The van der Waals surface area contributed by atoms with Gasteiger partial charge in [-0.3, -0.25) is 0 Å². The van der Waals surface area contributed by atoms with E-state index in [0.29, 0.717) is 11.4 Å². The van der Waals surface area contributed by atoms with E-state index in [4.69, 9.17) is 11.5 Å². The topological polar surface area (TPSA) is 52.0 Å². The summed E-state index contributed by atoms with van der Waals surface area (Å²) in [6.07, 6.45) is 0. The van der Waals surface area contributed by atoms with E-state index in [9.17, 15) is 0 Å². The Kier molecular flexibility index (Phi) is 4.16. The predicted octanol–water partition coefficient (Wildman–Crippen LogP) is 5.85. The van der Waals surface area contributed by atoms with Gasteiger partial charge in [0, 0.05) is 16.9 Å². The van der Waals surface area contributed by atoms with Gasteiger partial charge >= 0.3 is 0 Å². The van der Waals surface area contributed by atoms with Gasteiger partial charge in [-0.2, -0.15) is 0 Å². The number of benzene rings is 4. The van der Waals surface area contributed by atoms with Crippen molar-refractivity contribution in [2.24, 2.45) is 0 Å². The van der Waals surface area contributed by atoms with E-state index in [1.54, 1.807) is 0 Å². The molecule has 0 atom stereocenters. The quantitative estimate of drug-likeness (QED) is 0.461. The molecule has 4 rings (SSSR count). The Bertz CT molecular complexity index is 981. The first-order valence-corrected chi connectivity index (χ1v) is 8.62. The summed E-state index contributed by atoms with van der Waals surface area (Å²) in [6, 6.07) is 33.1. The molecule has 0 aliphatic carbocycles. The lowest BCUT2D eigenvalue weighted by Gasteiger charge is -2.13. The van der Waals surface area contributed by atoms with E-state index in [2.05, 4.69) is 66.7 Å². The van der Waals surface area contributed by atoms with Crippen molar-refractivity contribution in [3.05, 3.63) is 97.1 Å². The van der Waals surface area contributed by atoms with Gasteiger partial charge in [0.15, 0.2) is 0 Å². The number of anilines is 2. The third kappa shape index (κ3) is 3.17. The van der Waals surface area contributed by atoms with Crippen molar-refractivity contribution >= 4 is 11.4 Å². The summed E-state index contributed by atoms with van der Waals surface area (Å²) in [6.45, 7) is 0. The van der Waals surface area contributed by atoms with Crippen LogP contribution in [0.2, 0.25) is 0 Å². The molecule has 4 aromatic rings. The highest BCUT2D eigenvalue weighted by Gasteiger charge is 2.09. The third-order valence-electron chi connectivity index (χ3n) is 4.53. The molecular formula is C24H20N2. The van der Waals surface area contributed by atoms with Crippen LogP contribution in [0.4, 0.5) is 11.4 Å². The summed E-state index contributed by atoms with van der Waals surface area (Å²) in [5, 5.41) is 0. The van der Waals surface area contributed by atoms with Gasteiger partial charge in [0.25, 0.3) is 0 Å². The van der Waals surface area contributed by atoms with Crippen LogP contribution in [-0.4, -0.2) is 0 Å². The molecule has 0 heterocycles. The monoisotopic (exact) mass is 336 g/mol. The summed E-state index contributed by atoms with van der Waals surface area (Å²) in [5.41, 5.74) is 20.3. The van der Waals surface area contributed by atoms with E-state index in [1.807, 2.05) is 30.3 Å². The summed E-state index contributed by atoms with van der Waals surface area (Å²) in [7, 11) is 0. The molecule has 4 N–H and O–H groups in total. The van der Waals surface area contributed by atoms with E-state index in [-0.39, 0.29) is 0 Å². The predicted molar refractivity (Wildman–Crippen MR) is 112 cm³/mol. The van der Waals surface area contributed by atoms with Crippen LogP contribution in [0.3, 0.4) is 0 Å². The van der Waals surface area contributed by atoms with Crippen LogP contribution in [0.25, 0.3) is 33.4 Å². The number of hydrogen-bond acceptors (Lipinski definition) is 2. The first kappa shape index (κ1) is 16.0. The van der Waals surface area contributed by atoms with Crippen molar-refractivity contribution in [1.82, 2.24) is 0 Å². The molecule has 126 valence electrons. The number of rotatable bonds is 3. The van der Waals surface area contributed by atoms with E-state index >= 15 is 0 Å². The Hall–Kier alpha value is -3.52. The second-order valence-corrected chi connectivity index (χ2v) is 6.38. The minimum absolute atomic E-state index is 0.675. The molecule has 0 saturated heterocycles. The van der Waals surface area contributed by atoms with Gasteiger partial charge < -0.3 is 11.5 Å². The highest BCUT2D eigenvalue weighted by atomic mass is 14.6. The fourth-order valence-electron chi connectivity index (χ4n) is 3.22. The van der Waals surface area contributed by atoms with Gasteiger partial charge in [-0.15, -0.1) is 0 Å². The first-order chi connectivity index (χ1) is 12.7. The van der Waals surface area contributed by atoms with Crippen molar-refractivity contribution in [2.45, 2.75) is 0 Å². The average Bonchev–Trinajstić information content (AvgIpc) is 2.69. The highest BCUT2D eigenvalue weighted by Crippen LogP contribution is 2.35. The maximum absolute atomic E-state index is 6.25. The van der Waals surface area contributed by atoms with Gasteiger partial charge in [0.05, 0.1) is 0 Å². The van der Waals surface area contributed by atoms with E-state index in [0.717, 1.165) is 22.3 Å². The van der Waals surface area contributed by atoms with Crippen LogP contribution < -0.4 is 11.5 Å². The maximum Gasteiger partial charge on any atom is 0.0414 e. The van der Waals surface area contributed by atoms with Gasteiger partial charge in [-0.25, -0.2) is 0 Å². The van der Waals surface area contributed by atoms with Crippen molar-refractivity contribution < 1.29 is 0 Å². The fourth-order valence-corrected chi connectivity index (χ4v) is 3.22. The molecular weight excluding hydrogens is 316 g/mol. The lowest BCUT2D eigenvalue weighted by atomic mass is 9.93. The third-order valence-corrected chi connectivity index (χ3v) is 4.53. The van der Waals surface area contributed by atoms with Crippen molar-refractivity contribution in [1.29, 1.82) is 0 Å². The Labute approximate surface area is 153 Å². The number of nitrogens with two attached hydrogens (primary N) is 2. The zero-order valence-corrected chi connectivity index (χ0v) is 14.4. The molecule has 0 unspecified atom stereocenters. The largest absolute Gasteiger partial charge is 0.399 e. The van der Waals surface area contributed by atoms with Crippen molar-refractivity contribution in [3.8, 4) is 33.4 Å². The zero-order chi connectivity index (χ0) is 17.9. The van der Waals surface area contributed by atoms with Crippen molar-refractivity contribution in [2.75, 3.05) is 11.5 Å². The first-order valence-electron chi connectivity index (χ1n) is 8.62. The van der Waals surface area contributed by atoms with Crippen LogP contribution in [0, 0.1) is 0 Å². The molecule has 0 fully saturated rings. The Morgan fingerprint density at radius 2 is 0.923 bits per heavy atom. The summed E-state index contributed by atoms with van der Waals surface area (Å²) in [4.78, 5) is 0. The summed E-state index contributed by atoms with van der Waals surface area (Å²) < 4.78 is 0. The molecule has 2 nitrogen and oxygen atoms in total. The molecule has 26 heavy (non-hydrogen) atoms. The van der Waals surface area contributed by atoms with Crippen LogP contribution in [0.15, 0.2) is 97.1 Å². The Morgan fingerprint density at radius 1 is 0.423 bits per heavy atom. The summed E-state index contributed by atoms with van der Waals surface area (Å²) in [5.74, 6) is 0. The van der Waals surface area contributed by atoms with Crippen LogP contribution in [0.1, 0.15) is 0 Å². The average molecular weight is 336 g/mol. The molecule has 0 bridgehead atoms. The SMILES string of the molecule is Nc1ccc(-c2cc(-c3ccccc3)cc(-c3ccccc3)c2)c(N)c1. The number of nitrogen functional groups attached to an aromatic ring is 2. The van der Waals surface area contributed by atoms with E-state index < -0.39 is 0 Å². The molecule has 0 radical (unpaired) electrons. The molecule has 2 heteroatoms. The normalized spacial score (nSPS) is 10.6. The molecule has 0 spiro atoms. The van der Waals surface area contributed by atoms with Crippen LogP contribution in [0.5, 0.6) is 0 Å². The van der Waals surface area contributed by atoms with Crippen LogP contribution >= 0.6 is 0 Å². The molecule has 0 aliphatic rings. The molecule has 0 aromatic heterocycles. The van der Waals surface area contributed by atoms with Gasteiger partial charge in [-0.05, 0) is 58.1 Å². The Balaban J connectivity index is 1.94. The maximum atomic E-state index is 6.25. The van der Waals surface area contributed by atoms with Crippen molar-refractivity contribution in [3.63, 3.8) is 0 Å². The molecule has 4 aromatic carbocycles.